The highest BCUT2D eigenvalue weighted by atomic mass is 35.5. The van der Waals surface area contributed by atoms with Crippen molar-refractivity contribution in [2.75, 3.05) is 6.61 Å². The van der Waals surface area contributed by atoms with Crippen molar-refractivity contribution in [3.05, 3.63) is 57.9 Å². The number of carbonyl (C=O) groups excluding carboxylic acids is 1. The Kier molecular flexibility index (Phi) is 9.38. The number of aryl methyl sites for hydroxylation is 2. The molecule has 28 heavy (non-hydrogen) atoms. The van der Waals surface area contributed by atoms with Crippen LogP contribution in [0.15, 0.2) is 40.9 Å². The van der Waals surface area contributed by atoms with Crippen LogP contribution in [-0.4, -0.2) is 22.3 Å². The van der Waals surface area contributed by atoms with E-state index in [4.69, 9.17) is 27.9 Å². The van der Waals surface area contributed by atoms with Crippen molar-refractivity contribution < 1.29 is 9.53 Å². The van der Waals surface area contributed by atoms with Crippen LogP contribution in [0.3, 0.4) is 0 Å². The Hall–Kier alpha value is -1.98. The van der Waals surface area contributed by atoms with Gasteiger partial charge in [-0.25, -0.2) is 0 Å². The molecule has 0 saturated heterocycles. The Bertz CT molecular complexity index is 799. The van der Waals surface area contributed by atoms with Crippen molar-refractivity contribution in [1.82, 2.24) is 15.1 Å². The van der Waals surface area contributed by atoms with Crippen LogP contribution in [0.2, 0.25) is 0 Å². The maximum atomic E-state index is 12.4. The number of hydrogen-bond donors (Lipinski definition) is 1. The van der Waals surface area contributed by atoms with Gasteiger partial charge in [0.1, 0.15) is 15.9 Å². The van der Waals surface area contributed by atoms with E-state index in [0.29, 0.717) is 23.3 Å². The average Bonchev–Trinajstić information content (AvgIpc) is 3.06. The van der Waals surface area contributed by atoms with Crippen molar-refractivity contribution >= 4 is 29.1 Å². The number of carbonyl (C=O) groups is 1. The van der Waals surface area contributed by atoms with Crippen molar-refractivity contribution in [3.8, 4) is 5.75 Å². The van der Waals surface area contributed by atoms with Gasteiger partial charge >= 0.3 is 0 Å². The van der Waals surface area contributed by atoms with Gasteiger partial charge in [0, 0.05) is 13.6 Å². The largest absolute Gasteiger partial charge is 0.494 e. The fraction of sp³-hybridized carbons (Fsp3) is 0.429. The summed E-state index contributed by atoms with van der Waals surface area (Å²) in [6.07, 6.45) is 6.56. The lowest BCUT2D eigenvalue weighted by molar-refractivity contribution is 0.0941. The molecule has 0 atom stereocenters. The Labute approximate surface area is 176 Å². The second-order valence-electron chi connectivity index (χ2n) is 6.52. The third-order valence-electron chi connectivity index (χ3n) is 4.29. The SMILES string of the molecule is CCc1cc(C(=O)NCc2cccc(OCCCCCC=C(Cl)Cl)c2)n(C)n1. The van der Waals surface area contributed by atoms with Crippen LogP contribution >= 0.6 is 23.2 Å². The van der Waals surface area contributed by atoms with E-state index >= 15 is 0 Å². The van der Waals surface area contributed by atoms with Crippen molar-refractivity contribution in [2.24, 2.45) is 7.05 Å². The zero-order valence-electron chi connectivity index (χ0n) is 16.4. The predicted molar refractivity (Wildman–Crippen MR) is 114 cm³/mol. The van der Waals surface area contributed by atoms with E-state index in [9.17, 15) is 4.79 Å². The molecule has 0 saturated carbocycles. The number of halogens is 2. The minimum absolute atomic E-state index is 0.132. The molecular formula is C21H27Cl2N3O2. The van der Waals surface area contributed by atoms with Crippen LogP contribution in [0, 0.1) is 0 Å². The molecule has 0 aliphatic carbocycles. The summed E-state index contributed by atoms with van der Waals surface area (Å²) in [6.45, 7) is 3.11. The lowest BCUT2D eigenvalue weighted by Crippen LogP contribution is -2.25. The molecule has 5 nitrogen and oxygen atoms in total. The lowest BCUT2D eigenvalue weighted by atomic mass is 10.2. The van der Waals surface area contributed by atoms with Crippen molar-refractivity contribution in [2.45, 2.75) is 45.6 Å². The number of rotatable bonds is 11. The van der Waals surface area contributed by atoms with E-state index in [-0.39, 0.29) is 5.91 Å². The molecule has 0 fully saturated rings. The summed E-state index contributed by atoms with van der Waals surface area (Å²) in [5, 5.41) is 7.25. The first-order valence-electron chi connectivity index (χ1n) is 9.53. The molecule has 1 aromatic heterocycles. The molecule has 0 radical (unpaired) electrons. The van der Waals surface area contributed by atoms with Gasteiger partial charge in [0.05, 0.1) is 12.3 Å². The van der Waals surface area contributed by atoms with Crippen LogP contribution in [0.25, 0.3) is 0 Å². The highest BCUT2D eigenvalue weighted by Gasteiger charge is 2.12. The van der Waals surface area contributed by atoms with Crippen LogP contribution < -0.4 is 10.1 Å². The normalized spacial score (nSPS) is 10.6. The topological polar surface area (TPSA) is 56.1 Å². The molecule has 1 N–H and O–H groups in total. The van der Waals surface area contributed by atoms with Gasteiger partial charge in [-0.05, 0) is 55.9 Å². The van der Waals surface area contributed by atoms with E-state index in [2.05, 4.69) is 10.4 Å². The summed E-state index contributed by atoms with van der Waals surface area (Å²) in [5.41, 5.74) is 2.46. The van der Waals surface area contributed by atoms with Gasteiger partial charge < -0.3 is 10.1 Å². The Morgan fingerprint density at radius 3 is 2.79 bits per heavy atom. The number of amides is 1. The van der Waals surface area contributed by atoms with Gasteiger partial charge in [-0.2, -0.15) is 5.10 Å². The summed E-state index contributed by atoms with van der Waals surface area (Å²) in [5.74, 6) is 0.677. The summed E-state index contributed by atoms with van der Waals surface area (Å²) in [7, 11) is 1.78. The van der Waals surface area contributed by atoms with E-state index in [1.165, 1.54) is 0 Å². The maximum absolute atomic E-state index is 12.4. The Morgan fingerprint density at radius 2 is 2.07 bits per heavy atom. The lowest BCUT2D eigenvalue weighted by Gasteiger charge is -2.09. The van der Waals surface area contributed by atoms with Crippen molar-refractivity contribution in [1.29, 1.82) is 0 Å². The van der Waals surface area contributed by atoms with Gasteiger partial charge in [0.25, 0.3) is 5.91 Å². The van der Waals surface area contributed by atoms with E-state index < -0.39 is 0 Å². The number of nitrogens with zero attached hydrogens (tertiary/aromatic N) is 2. The Balaban J connectivity index is 1.75. The summed E-state index contributed by atoms with van der Waals surface area (Å²) in [6, 6.07) is 9.61. The summed E-state index contributed by atoms with van der Waals surface area (Å²) < 4.78 is 7.75. The number of hydrogen-bond acceptors (Lipinski definition) is 3. The number of ether oxygens (including phenoxy) is 1. The standard InChI is InChI=1S/C21H27Cl2N3O2/c1-3-17-14-19(26(2)25-17)21(27)24-15-16-9-8-10-18(13-16)28-12-7-5-4-6-11-20(22)23/h8-11,13-14H,3-7,12,15H2,1-2H3,(H,24,27). The second kappa shape index (κ2) is 11.8. The zero-order chi connectivity index (χ0) is 20.4. The first-order valence-corrected chi connectivity index (χ1v) is 10.3. The average molecular weight is 424 g/mol. The van der Waals surface area contributed by atoms with E-state index in [1.54, 1.807) is 11.7 Å². The monoisotopic (exact) mass is 423 g/mol. The minimum Gasteiger partial charge on any atom is -0.494 e. The third-order valence-corrected chi connectivity index (χ3v) is 4.60. The molecule has 1 amide bonds. The van der Waals surface area contributed by atoms with Gasteiger partial charge in [-0.3, -0.25) is 9.48 Å². The summed E-state index contributed by atoms with van der Waals surface area (Å²) in [4.78, 5) is 12.4. The molecule has 0 bridgehead atoms. The molecule has 0 aliphatic heterocycles. The molecule has 152 valence electrons. The first-order chi connectivity index (χ1) is 13.5. The number of unbranched alkanes of at least 4 members (excludes halogenated alkanes) is 3. The molecular weight excluding hydrogens is 397 g/mol. The molecule has 7 heteroatoms. The fourth-order valence-corrected chi connectivity index (χ4v) is 2.97. The number of nitrogens with one attached hydrogen (secondary N) is 1. The van der Waals surface area contributed by atoms with Gasteiger partial charge in [-0.1, -0.05) is 48.3 Å². The number of benzene rings is 1. The fourth-order valence-electron chi connectivity index (χ4n) is 2.75. The zero-order valence-corrected chi connectivity index (χ0v) is 17.9. The molecule has 0 aliphatic rings. The number of aromatic nitrogens is 2. The predicted octanol–water partition coefficient (Wildman–Crippen LogP) is 5.17. The van der Waals surface area contributed by atoms with E-state index in [1.807, 2.05) is 43.3 Å². The number of allylic oxidation sites excluding steroid dienone is 1. The third kappa shape index (κ3) is 7.56. The van der Waals surface area contributed by atoms with Crippen LogP contribution in [0.4, 0.5) is 0 Å². The van der Waals surface area contributed by atoms with Crippen molar-refractivity contribution in [3.63, 3.8) is 0 Å². The van der Waals surface area contributed by atoms with Gasteiger partial charge in [0.15, 0.2) is 0 Å². The molecule has 2 rings (SSSR count). The molecule has 0 unspecified atom stereocenters. The maximum Gasteiger partial charge on any atom is 0.269 e. The van der Waals surface area contributed by atoms with Crippen LogP contribution in [0.5, 0.6) is 5.75 Å². The van der Waals surface area contributed by atoms with E-state index in [0.717, 1.165) is 49.1 Å². The van der Waals surface area contributed by atoms with Crippen LogP contribution in [-0.2, 0) is 20.0 Å². The highest BCUT2D eigenvalue weighted by Crippen LogP contribution is 2.15. The highest BCUT2D eigenvalue weighted by molar-refractivity contribution is 6.55. The molecule has 1 heterocycles. The smallest absolute Gasteiger partial charge is 0.269 e. The molecule has 1 aromatic carbocycles. The minimum atomic E-state index is -0.132. The second-order valence-corrected chi connectivity index (χ2v) is 7.53. The quantitative estimate of drug-likeness (QED) is 0.507. The molecule has 2 aromatic rings. The van der Waals surface area contributed by atoms with Crippen LogP contribution in [0.1, 0.15) is 54.4 Å². The first kappa shape index (κ1) is 22.3. The van der Waals surface area contributed by atoms with Gasteiger partial charge in [0.2, 0.25) is 0 Å². The molecule has 0 spiro atoms. The van der Waals surface area contributed by atoms with Gasteiger partial charge in [-0.15, -0.1) is 0 Å². The Morgan fingerprint density at radius 1 is 1.25 bits per heavy atom. The summed E-state index contributed by atoms with van der Waals surface area (Å²) >= 11 is 11.2.